The fraction of sp³-hybridized carbons (Fsp3) is 0.186. The Labute approximate surface area is 308 Å². The van der Waals surface area contributed by atoms with E-state index in [2.05, 4.69) is 105 Å². The minimum absolute atomic E-state index is 0. The molecule has 0 unspecified atom stereocenters. The van der Waals surface area contributed by atoms with Crippen molar-refractivity contribution in [3.63, 3.8) is 0 Å². The summed E-state index contributed by atoms with van der Waals surface area (Å²) in [6, 6.07) is 43.2. The molecule has 0 aliphatic heterocycles. The van der Waals surface area contributed by atoms with Gasteiger partial charge in [-0.05, 0) is 71.7 Å². The summed E-state index contributed by atoms with van der Waals surface area (Å²) in [6.45, 7) is 13.8. The number of pyridine rings is 2. The topological polar surface area (TPSA) is 56.7 Å². The van der Waals surface area contributed by atoms with Crippen LogP contribution < -0.4 is 5.19 Å². The molecule has 0 aliphatic rings. The summed E-state index contributed by atoms with van der Waals surface area (Å²) < 4.78 is 8.11. The Morgan fingerprint density at radius 3 is 2.32 bits per heavy atom. The number of furan rings is 1. The summed E-state index contributed by atoms with van der Waals surface area (Å²) in [5.41, 5.74) is 10.9. The van der Waals surface area contributed by atoms with Crippen LogP contribution in [0.5, 0.6) is 0 Å². The Hall–Kier alpha value is -4.68. The largest absolute Gasteiger partial charge is 0.513 e. The minimum Gasteiger partial charge on any atom is -0.513 e. The van der Waals surface area contributed by atoms with Gasteiger partial charge in [0.15, 0.2) is 0 Å². The molecule has 5 nitrogen and oxygen atoms in total. The summed E-state index contributed by atoms with van der Waals surface area (Å²) in [4.78, 5) is 14.5. The van der Waals surface area contributed by atoms with E-state index in [0.29, 0.717) is 11.6 Å². The average Bonchev–Trinajstić information content (AvgIpc) is 3.68. The van der Waals surface area contributed by atoms with E-state index in [1.165, 1.54) is 10.8 Å². The SMILES string of the molecule is CC(C)Cc1cc(-c2[c-]cccc2)ncc1[Si](C)(C)C.Cc1cccc2oc3c[c-]c(-c4nc5ccccc5n4-c4ccccc4)nc3c12.[Ir]. The van der Waals surface area contributed by atoms with Crippen molar-refractivity contribution < 1.29 is 24.5 Å². The second-order valence-corrected chi connectivity index (χ2v) is 19.0. The monoisotopic (exact) mass is 849 g/mol. The van der Waals surface area contributed by atoms with Gasteiger partial charge in [-0.25, -0.2) is 0 Å². The van der Waals surface area contributed by atoms with Gasteiger partial charge in [-0.15, -0.1) is 48.0 Å². The van der Waals surface area contributed by atoms with Crippen LogP contribution in [0.4, 0.5) is 0 Å². The molecule has 8 rings (SSSR count). The van der Waals surface area contributed by atoms with E-state index in [1.807, 2.05) is 72.8 Å². The molecule has 0 aliphatic carbocycles. The van der Waals surface area contributed by atoms with Crippen molar-refractivity contribution in [3.05, 3.63) is 139 Å². The van der Waals surface area contributed by atoms with Gasteiger partial charge in [-0.2, -0.15) is 0 Å². The first-order valence-electron chi connectivity index (χ1n) is 16.9. The molecule has 4 aromatic carbocycles. The molecule has 0 saturated heterocycles. The average molecular weight is 849 g/mol. The molecule has 0 N–H and O–H groups in total. The summed E-state index contributed by atoms with van der Waals surface area (Å²) in [5.74, 6) is 1.43. The molecule has 0 atom stereocenters. The van der Waals surface area contributed by atoms with Crippen LogP contribution in [-0.2, 0) is 26.5 Å². The summed E-state index contributed by atoms with van der Waals surface area (Å²) in [6.07, 6.45) is 3.24. The standard InChI is InChI=1S/C25H16N3O.C18H24NSi.Ir/c1-16-8-7-13-21-23(16)24-22(29-21)15-14-19(26-24)25-27-18-11-5-6-12-20(18)28(25)17-9-3-2-4-10-17;1-14(2)11-16-12-17(15-9-7-6-8-10-15)19-13-18(16)20(3,4)5;/h2-13,15H,1H3;6-9,12-14H,11H2,1-5H3;/q2*-1;. The van der Waals surface area contributed by atoms with Crippen molar-refractivity contribution in [1.29, 1.82) is 0 Å². The van der Waals surface area contributed by atoms with E-state index in [9.17, 15) is 0 Å². The van der Waals surface area contributed by atoms with Crippen molar-refractivity contribution in [2.75, 3.05) is 0 Å². The van der Waals surface area contributed by atoms with Gasteiger partial charge >= 0.3 is 0 Å². The molecule has 0 amide bonds. The van der Waals surface area contributed by atoms with Crippen LogP contribution in [0.2, 0.25) is 19.6 Å². The van der Waals surface area contributed by atoms with Crippen molar-refractivity contribution >= 4 is 46.4 Å². The zero-order chi connectivity index (χ0) is 34.1. The molecular weight excluding hydrogens is 809 g/mol. The first-order valence-corrected chi connectivity index (χ1v) is 20.4. The van der Waals surface area contributed by atoms with Gasteiger partial charge in [-0.3, -0.25) is 9.97 Å². The normalized spacial score (nSPS) is 11.5. The van der Waals surface area contributed by atoms with Gasteiger partial charge < -0.3 is 14.0 Å². The van der Waals surface area contributed by atoms with E-state index in [0.717, 1.165) is 67.9 Å². The Morgan fingerprint density at radius 2 is 1.58 bits per heavy atom. The summed E-state index contributed by atoms with van der Waals surface area (Å²) in [5, 5.41) is 2.53. The number of aryl methyl sites for hydroxylation is 1. The molecule has 1 radical (unpaired) electrons. The Balaban J connectivity index is 0.000000182. The van der Waals surface area contributed by atoms with Crippen LogP contribution in [0.3, 0.4) is 0 Å². The van der Waals surface area contributed by atoms with E-state index in [-0.39, 0.29) is 20.1 Å². The Bertz CT molecular complexity index is 2390. The molecule has 0 spiro atoms. The number of imidazole rings is 1. The molecule has 8 aromatic rings. The number of hydrogen-bond donors (Lipinski definition) is 0. The van der Waals surface area contributed by atoms with Gasteiger partial charge in [-0.1, -0.05) is 87.6 Å². The van der Waals surface area contributed by atoms with Crippen LogP contribution in [0, 0.1) is 25.0 Å². The Kier molecular flexibility index (Phi) is 10.3. The van der Waals surface area contributed by atoms with Gasteiger partial charge in [0.2, 0.25) is 0 Å². The van der Waals surface area contributed by atoms with E-state index >= 15 is 0 Å². The Morgan fingerprint density at radius 1 is 0.820 bits per heavy atom. The second kappa shape index (κ2) is 14.7. The number of para-hydroxylation sites is 3. The molecule has 0 saturated carbocycles. The molecule has 4 heterocycles. The molecule has 50 heavy (non-hydrogen) atoms. The maximum absolute atomic E-state index is 5.98. The summed E-state index contributed by atoms with van der Waals surface area (Å²) in [7, 11) is -1.34. The number of aromatic nitrogens is 4. The number of nitrogens with zero attached hydrogens (tertiary/aromatic N) is 4. The molecule has 7 heteroatoms. The minimum atomic E-state index is -1.34. The fourth-order valence-electron chi connectivity index (χ4n) is 6.43. The quantitative estimate of drug-likeness (QED) is 0.124. The van der Waals surface area contributed by atoms with Crippen molar-refractivity contribution in [2.45, 2.75) is 46.8 Å². The van der Waals surface area contributed by atoms with Gasteiger partial charge in [0, 0.05) is 37.4 Å². The van der Waals surface area contributed by atoms with Crippen LogP contribution in [0.15, 0.2) is 120 Å². The van der Waals surface area contributed by atoms with Crippen molar-refractivity contribution in [1.82, 2.24) is 19.5 Å². The number of hydrogen-bond acceptors (Lipinski definition) is 4. The van der Waals surface area contributed by atoms with Gasteiger partial charge in [0.05, 0.1) is 36.0 Å². The maximum atomic E-state index is 5.98. The zero-order valence-corrected chi connectivity index (χ0v) is 32.7. The first-order chi connectivity index (χ1) is 23.7. The van der Waals surface area contributed by atoms with Crippen molar-refractivity contribution in [3.8, 4) is 28.5 Å². The van der Waals surface area contributed by atoms with Crippen molar-refractivity contribution in [2.24, 2.45) is 5.92 Å². The maximum Gasteiger partial charge on any atom is 0.119 e. The van der Waals surface area contributed by atoms with Gasteiger partial charge in [0.25, 0.3) is 0 Å². The zero-order valence-electron chi connectivity index (χ0n) is 29.3. The van der Waals surface area contributed by atoms with E-state index in [1.54, 1.807) is 0 Å². The van der Waals surface area contributed by atoms with Gasteiger partial charge in [0.1, 0.15) is 5.58 Å². The van der Waals surface area contributed by atoms with Crippen LogP contribution in [0.25, 0.3) is 61.6 Å². The predicted molar refractivity (Wildman–Crippen MR) is 205 cm³/mol. The first kappa shape index (κ1) is 35.2. The van der Waals surface area contributed by atoms with E-state index in [4.69, 9.17) is 14.4 Å². The third kappa shape index (κ3) is 7.13. The molecule has 253 valence electrons. The third-order valence-electron chi connectivity index (χ3n) is 8.69. The smallest absolute Gasteiger partial charge is 0.119 e. The van der Waals surface area contributed by atoms with E-state index < -0.39 is 8.07 Å². The van der Waals surface area contributed by atoms with Crippen LogP contribution in [-0.4, -0.2) is 27.6 Å². The molecule has 0 bridgehead atoms. The third-order valence-corrected chi connectivity index (χ3v) is 10.8. The number of benzene rings is 4. The number of rotatable bonds is 6. The van der Waals surface area contributed by atoms with Crippen LogP contribution >= 0.6 is 0 Å². The molecule has 4 aromatic heterocycles. The number of fused-ring (bicyclic) bond motifs is 4. The fourth-order valence-corrected chi connectivity index (χ4v) is 8.01. The molecule has 0 fully saturated rings. The second-order valence-electron chi connectivity index (χ2n) is 14.0. The summed E-state index contributed by atoms with van der Waals surface area (Å²) >= 11 is 0. The molecular formula is C43H40IrN4OSi-2. The predicted octanol–water partition coefficient (Wildman–Crippen LogP) is 10.4. The van der Waals surface area contributed by atoms with Crippen LogP contribution in [0.1, 0.15) is 25.0 Å².